The SMILES string of the molecule is Cc1c(CCC=O)n(C)c2ccccc12. The first kappa shape index (κ1) is 9.97. The Balaban J connectivity index is 2.59. The molecule has 0 atom stereocenters. The zero-order valence-electron chi connectivity index (χ0n) is 9.16. The molecular formula is C13H15NO. The van der Waals surface area contributed by atoms with Crippen LogP contribution < -0.4 is 0 Å². The molecule has 0 aliphatic heterocycles. The highest BCUT2D eigenvalue weighted by Crippen LogP contribution is 2.24. The minimum absolute atomic E-state index is 0.602. The molecular weight excluding hydrogens is 186 g/mol. The van der Waals surface area contributed by atoms with Gasteiger partial charge >= 0.3 is 0 Å². The van der Waals surface area contributed by atoms with E-state index in [2.05, 4.69) is 36.7 Å². The molecule has 2 rings (SSSR count). The van der Waals surface area contributed by atoms with Crippen molar-refractivity contribution in [1.82, 2.24) is 4.57 Å². The average molecular weight is 201 g/mol. The van der Waals surface area contributed by atoms with E-state index in [-0.39, 0.29) is 0 Å². The van der Waals surface area contributed by atoms with Crippen LogP contribution in [0.3, 0.4) is 0 Å². The Hall–Kier alpha value is -1.57. The summed E-state index contributed by atoms with van der Waals surface area (Å²) in [7, 11) is 2.06. The monoisotopic (exact) mass is 201 g/mol. The predicted octanol–water partition coefficient (Wildman–Crippen LogP) is 2.62. The first-order valence-electron chi connectivity index (χ1n) is 5.22. The molecule has 1 aromatic carbocycles. The molecule has 15 heavy (non-hydrogen) atoms. The number of nitrogens with zero attached hydrogens (tertiary/aromatic N) is 1. The first-order valence-corrected chi connectivity index (χ1v) is 5.22. The van der Waals surface area contributed by atoms with Gasteiger partial charge in [-0.3, -0.25) is 0 Å². The van der Waals surface area contributed by atoms with E-state index in [1.54, 1.807) is 0 Å². The molecule has 0 unspecified atom stereocenters. The largest absolute Gasteiger partial charge is 0.347 e. The average Bonchev–Trinajstić information content (AvgIpc) is 2.51. The minimum atomic E-state index is 0.602. The summed E-state index contributed by atoms with van der Waals surface area (Å²) in [6.45, 7) is 2.13. The van der Waals surface area contributed by atoms with Crippen molar-refractivity contribution in [3.05, 3.63) is 35.5 Å². The van der Waals surface area contributed by atoms with E-state index in [1.807, 2.05) is 6.07 Å². The van der Waals surface area contributed by atoms with E-state index >= 15 is 0 Å². The summed E-state index contributed by atoms with van der Waals surface area (Å²) in [5.41, 5.74) is 3.81. The van der Waals surface area contributed by atoms with Gasteiger partial charge in [-0.1, -0.05) is 18.2 Å². The van der Waals surface area contributed by atoms with Crippen molar-refractivity contribution in [2.45, 2.75) is 19.8 Å². The Kier molecular flexibility index (Phi) is 2.58. The molecule has 2 nitrogen and oxygen atoms in total. The summed E-state index contributed by atoms with van der Waals surface area (Å²) < 4.78 is 2.19. The first-order chi connectivity index (χ1) is 7.25. The number of para-hydroxylation sites is 1. The van der Waals surface area contributed by atoms with Gasteiger partial charge in [-0.2, -0.15) is 0 Å². The Morgan fingerprint density at radius 1 is 1.33 bits per heavy atom. The number of carbonyl (C=O) groups excluding carboxylic acids is 1. The number of carbonyl (C=O) groups is 1. The molecule has 0 aliphatic rings. The van der Waals surface area contributed by atoms with Crippen LogP contribution in [0.1, 0.15) is 17.7 Å². The molecule has 0 fully saturated rings. The third-order valence-corrected chi connectivity index (χ3v) is 3.01. The quantitative estimate of drug-likeness (QED) is 0.700. The highest BCUT2D eigenvalue weighted by molar-refractivity contribution is 5.85. The second kappa shape index (κ2) is 3.89. The van der Waals surface area contributed by atoms with Gasteiger partial charge in [0.1, 0.15) is 6.29 Å². The summed E-state index contributed by atoms with van der Waals surface area (Å²) in [6.07, 6.45) is 2.42. The van der Waals surface area contributed by atoms with E-state index in [1.165, 1.54) is 22.2 Å². The zero-order chi connectivity index (χ0) is 10.8. The van der Waals surface area contributed by atoms with Gasteiger partial charge in [-0.25, -0.2) is 0 Å². The minimum Gasteiger partial charge on any atom is -0.347 e. The fourth-order valence-corrected chi connectivity index (χ4v) is 2.19. The molecule has 0 radical (unpaired) electrons. The van der Waals surface area contributed by atoms with Crippen LogP contribution in [-0.4, -0.2) is 10.9 Å². The van der Waals surface area contributed by atoms with Crippen LogP contribution in [0.15, 0.2) is 24.3 Å². The maximum absolute atomic E-state index is 10.4. The normalized spacial score (nSPS) is 10.8. The number of aldehydes is 1. The topological polar surface area (TPSA) is 22.0 Å². The number of aryl methyl sites for hydroxylation is 2. The third kappa shape index (κ3) is 1.56. The van der Waals surface area contributed by atoms with Crippen LogP contribution in [0.2, 0.25) is 0 Å². The number of fused-ring (bicyclic) bond motifs is 1. The van der Waals surface area contributed by atoms with Crippen molar-refractivity contribution in [3.8, 4) is 0 Å². The van der Waals surface area contributed by atoms with Crippen LogP contribution >= 0.6 is 0 Å². The molecule has 0 spiro atoms. The van der Waals surface area contributed by atoms with Crippen LogP contribution in [0.25, 0.3) is 10.9 Å². The third-order valence-electron chi connectivity index (χ3n) is 3.01. The molecule has 78 valence electrons. The van der Waals surface area contributed by atoms with E-state index in [0.717, 1.165) is 12.7 Å². The lowest BCUT2D eigenvalue weighted by molar-refractivity contribution is -0.107. The van der Waals surface area contributed by atoms with Crippen molar-refractivity contribution in [1.29, 1.82) is 0 Å². The molecule has 0 saturated carbocycles. The lowest BCUT2D eigenvalue weighted by atomic mass is 10.1. The second-order valence-corrected chi connectivity index (χ2v) is 3.85. The van der Waals surface area contributed by atoms with E-state index in [0.29, 0.717) is 6.42 Å². The van der Waals surface area contributed by atoms with Gasteiger partial charge in [-0.05, 0) is 25.0 Å². The molecule has 2 aromatic rings. The Morgan fingerprint density at radius 3 is 2.73 bits per heavy atom. The van der Waals surface area contributed by atoms with Crippen molar-refractivity contribution in [3.63, 3.8) is 0 Å². The van der Waals surface area contributed by atoms with Crippen LogP contribution in [0.4, 0.5) is 0 Å². The maximum atomic E-state index is 10.4. The summed E-state index contributed by atoms with van der Waals surface area (Å²) >= 11 is 0. The molecule has 0 bridgehead atoms. The lowest BCUT2D eigenvalue weighted by Gasteiger charge is -2.02. The van der Waals surface area contributed by atoms with Gasteiger partial charge < -0.3 is 9.36 Å². The van der Waals surface area contributed by atoms with E-state index < -0.39 is 0 Å². The molecule has 2 heteroatoms. The van der Waals surface area contributed by atoms with Crippen molar-refractivity contribution in [2.24, 2.45) is 7.05 Å². The molecule has 0 amide bonds. The van der Waals surface area contributed by atoms with Crippen molar-refractivity contribution >= 4 is 17.2 Å². The highest BCUT2D eigenvalue weighted by atomic mass is 16.1. The number of benzene rings is 1. The van der Waals surface area contributed by atoms with Crippen molar-refractivity contribution in [2.75, 3.05) is 0 Å². The van der Waals surface area contributed by atoms with E-state index in [9.17, 15) is 4.79 Å². The van der Waals surface area contributed by atoms with Gasteiger partial charge in [0.15, 0.2) is 0 Å². The van der Waals surface area contributed by atoms with Crippen molar-refractivity contribution < 1.29 is 4.79 Å². The molecule has 0 N–H and O–H groups in total. The summed E-state index contributed by atoms with van der Waals surface area (Å²) in [5.74, 6) is 0. The van der Waals surface area contributed by atoms with Gasteiger partial charge in [0, 0.05) is 30.1 Å². The number of hydrogen-bond donors (Lipinski definition) is 0. The number of hydrogen-bond acceptors (Lipinski definition) is 1. The van der Waals surface area contributed by atoms with Crippen LogP contribution in [-0.2, 0) is 18.3 Å². The zero-order valence-corrected chi connectivity index (χ0v) is 9.16. The Labute approximate surface area is 89.5 Å². The van der Waals surface area contributed by atoms with Crippen LogP contribution in [0, 0.1) is 6.92 Å². The second-order valence-electron chi connectivity index (χ2n) is 3.85. The summed E-state index contributed by atoms with van der Waals surface area (Å²) in [6, 6.07) is 8.35. The fraction of sp³-hybridized carbons (Fsp3) is 0.308. The molecule has 0 aliphatic carbocycles. The summed E-state index contributed by atoms with van der Waals surface area (Å²) in [5, 5.41) is 1.29. The number of aromatic nitrogens is 1. The Bertz CT molecular complexity index is 457. The summed E-state index contributed by atoms with van der Waals surface area (Å²) in [4.78, 5) is 10.4. The lowest BCUT2D eigenvalue weighted by Crippen LogP contribution is -1.98. The van der Waals surface area contributed by atoms with Crippen LogP contribution in [0.5, 0.6) is 0 Å². The Morgan fingerprint density at radius 2 is 2.07 bits per heavy atom. The smallest absolute Gasteiger partial charge is 0.120 e. The van der Waals surface area contributed by atoms with Gasteiger partial charge in [0.05, 0.1) is 0 Å². The molecule has 1 heterocycles. The molecule has 0 saturated heterocycles. The predicted molar refractivity (Wildman–Crippen MR) is 62.0 cm³/mol. The van der Waals surface area contributed by atoms with E-state index in [4.69, 9.17) is 0 Å². The van der Waals surface area contributed by atoms with Gasteiger partial charge in [0.2, 0.25) is 0 Å². The van der Waals surface area contributed by atoms with Gasteiger partial charge in [-0.15, -0.1) is 0 Å². The molecule has 1 aromatic heterocycles. The fourth-order valence-electron chi connectivity index (χ4n) is 2.19. The highest BCUT2D eigenvalue weighted by Gasteiger charge is 2.09. The standard InChI is InChI=1S/C13H15NO/c1-10-11-6-3-4-7-13(11)14(2)12(10)8-5-9-15/h3-4,6-7,9H,5,8H2,1-2H3. The number of rotatable bonds is 3. The van der Waals surface area contributed by atoms with Gasteiger partial charge in [0.25, 0.3) is 0 Å². The maximum Gasteiger partial charge on any atom is 0.120 e.